The Morgan fingerprint density at radius 3 is 1.43 bits per heavy atom. The summed E-state index contributed by atoms with van der Waals surface area (Å²) in [6.07, 6.45) is 63.6. The fourth-order valence-corrected chi connectivity index (χ4v) is 7.11. The van der Waals surface area contributed by atoms with E-state index < -0.39 is 49.5 Å². The van der Waals surface area contributed by atoms with Crippen LogP contribution in [-0.4, -0.2) is 87.5 Å². The van der Waals surface area contributed by atoms with Gasteiger partial charge in [0.1, 0.15) is 24.4 Å². The van der Waals surface area contributed by atoms with Gasteiger partial charge >= 0.3 is 0 Å². The van der Waals surface area contributed by atoms with Crippen LogP contribution >= 0.6 is 0 Å². The van der Waals surface area contributed by atoms with Crippen molar-refractivity contribution in [3.63, 3.8) is 0 Å². The van der Waals surface area contributed by atoms with Crippen molar-refractivity contribution < 1.29 is 39.8 Å². The summed E-state index contributed by atoms with van der Waals surface area (Å²) in [4.78, 5) is 13.0. The number of ether oxygens (including phenoxy) is 2. The number of unbranched alkanes of at least 4 members (excludes halogenated alkanes) is 11. The highest BCUT2D eigenvalue weighted by Gasteiger charge is 2.44. The predicted octanol–water partition coefficient (Wildman–Crippen LogP) is 12.2. The molecule has 0 aliphatic carbocycles. The molecule has 1 amide bonds. The molecule has 378 valence electrons. The molecular formula is C58H93NO8. The van der Waals surface area contributed by atoms with Crippen LogP contribution in [0.15, 0.2) is 134 Å². The first-order valence-electron chi connectivity index (χ1n) is 25.9. The molecule has 0 saturated carbocycles. The molecule has 0 aromatic heterocycles. The minimum absolute atomic E-state index is 0.234. The fraction of sp³-hybridized carbons (Fsp3) is 0.603. The van der Waals surface area contributed by atoms with Crippen LogP contribution in [0.3, 0.4) is 0 Å². The minimum atomic E-state index is -1.59. The number of carbonyl (C=O) groups is 1. The van der Waals surface area contributed by atoms with Crippen molar-refractivity contribution in [1.29, 1.82) is 0 Å². The molecule has 1 aliphatic rings. The second-order valence-electron chi connectivity index (χ2n) is 17.2. The van der Waals surface area contributed by atoms with E-state index in [1.165, 1.54) is 57.8 Å². The van der Waals surface area contributed by atoms with Crippen LogP contribution in [0.2, 0.25) is 0 Å². The summed E-state index contributed by atoms with van der Waals surface area (Å²) in [6, 6.07) is -0.862. The summed E-state index contributed by atoms with van der Waals surface area (Å²) >= 11 is 0. The van der Waals surface area contributed by atoms with Gasteiger partial charge in [-0.15, -0.1) is 0 Å². The second-order valence-corrected chi connectivity index (χ2v) is 17.2. The molecule has 9 nitrogen and oxygen atoms in total. The number of aliphatic hydroxyl groups is 5. The van der Waals surface area contributed by atoms with E-state index in [1.54, 1.807) is 6.08 Å². The van der Waals surface area contributed by atoms with Gasteiger partial charge in [0, 0.05) is 6.42 Å². The highest BCUT2D eigenvalue weighted by Crippen LogP contribution is 2.22. The number of nitrogens with one attached hydrogen (secondary N) is 1. The Labute approximate surface area is 407 Å². The van der Waals surface area contributed by atoms with Gasteiger partial charge in [-0.25, -0.2) is 0 Å². The third-order valence-electron chi connectivity index (χ3n) is 11.2. The van der Waals surface area contributed by atoms with Gasteiger partial charge in [-0.1, -0.05) is 199 Å². The van der Waals surface area contributed by atoms with Crippen LogP contribution in [-0.2, 0) is 14.3 Å². The highest BCUT2D eigenvalue weighted by molar-refractivity contribution is 5.76. The lowest BCUT2D eigenvalue weighted by Crippen LogP contribution is -2.60. The normalized spacial score (nSPS) is 20.9. The smallest absolute Gasteiger partial charge is 0.220 e. The topological polar surface area (TPSA) is 149 Å². The van der Waals surface area contributed by atoms with E-state index in [2.05, 4.69) is 141 Å². The van der Waals surface area contributed by atoms with Crippen LogP contribution < -0.4 is 5.32 Å². The number of allylic oxidation sites excluding steroid dienone is 21. The number of rotatable bonds is 41. The van der Waals surface area contributed by atoms with E-state index in [0.717, 1.165) is 83.5 Å². The van der Waals surface area contributed by atoms with Crippen molar-refractivity contribution in [2.45, 2.75) is 211 Å². The number of carbonyl (C=O) groups excluding carboxylic acids is 1. The first-order valence-corrected chi connectivity index (χ1v) is 25.9. The van der Waals surface area contributed by atoms with Crippen LogP contribution in [0, 0.1) is 0 Å². The molecule has 0 spiro atoms. The van der Waals surface area contributed by atoms with Crippen LogP contribution in [0.25, 0.3) is 0 Å². The van der Waals surface area contributed by atoms with E-state index in [9.17, 15) is 30.3 Å². The molecule has 1 fully saturated rings. The molecule has 6 N–H and O–H groups in total. The molecule has 1 saturated heterocycles. The lowest BCUT2D eigenvalue weighted by atomic mass is 9.99. The number of amides is 1. The molecule has 1 aliphatic heterocycles. The van der Waals surface area contributed by atoms with Gasteiger partial charge in [-0.2, -0.15) is 0 Å². The zero-order chi connectivity index (χ0) is 48.7. The van der Waals surface area contributed by atoms with Crippen molar-refractivity contribution >= 4 is 5.91 Å². The number of aliphatic hydroxyl groups excluding tert-OH is 5. The standard InChI is InChI=1S/C58H93NO8/c1-3-5-7-9-11-13-15-17-19-20-21-22-23-24-25-26-27-28-29-30-31-32-34-36-38-40-42-44-46-48-54(62)59-51(50-66-58-57(65)56(64)55(63)53(49-60)67-58)52(61)47-45-43-41-39-37-35-33-18-16-14-12-10-8-6-4-2/h5,7,11,13,17,19,21-22,24-25,27-28,30-31,34,36-37,39-40,42,45,47,51-53,55-58,60-61,63-65H,3-4,6,8-10,12,14-16,18,20,23,26,29,32-33,35,38,41,43-44,46,48-50H2,1-2H3,(H,59,62)/b7-5-,13-11-,19-17-,22-21-,25-24-,28-27-,31-30-,36-34-,39-37+,42-40-,47-45+. The Hall–Kier alpha value is -3.67. The summed E-state index contributed by atoms with van der Waals surface area (Å²) in [5, 5.41) is 54.2. The van der Waals surface area contributed by atoms with Crippen molar-refractivity contribution in [1.82, 2.24) is 5.32 Å². The van der Waals surface area contributed by atoms with Gasteiger partial charge in [0.2, 0.25) is 5.91 Å². The second kappa shape index (κ2) is 46.1. The van der Waals surface area contributed by atoms with E-state index in [1.807, 2.05) is 6.08 Å². The molecule has 67 heavy (non-hydrogen) atoms. The van der Waals surface area contributed by atoms with E-state index >= 15 is 0 Å². The summed E-state index contributed by atoms with van der Waals surface area (Å²) in [6.45, 7) is 3.58. The van der Waals surface area contributed by atoms with Gasteiger partial charge in [-0.05, 0) is 96.3 Å². The Bertz CT molecular complexity index is 1500. The van der Waals surface area contributed by atoms with Crippen molar-refractivity contribution in [2.24, 2.45) is 0 Å². The lowest BCUT2D eigenvalue weighted by molar-refractivity contribution is -0.302. The first-order chi connectivity index (χ1) is 32.8. The molecular weight excluding hydrogens is 839 g/mol. The predicted molar refractivity (Wildman–Crippen MR) is 280 cm³/mol. The largest absolute Gasteiger partial charge is 0.394 e. The van der Waals surface area contributed by atoms with E-state index in [4.69, 9.17) is 9.47 Å². The maximum atomic E-state index is 13.0. The van der Waals surface area contributed by atoms with E-state index in [0.29, 0.717) is 6.42 Å². The van der Waals surface area contributed by atoms with Gasteiger partial charge in [0.05, 0.1) is 25.4 Å². The van der Waals surface area contributed by atoms with Crippen molar-refractivity contribution in [3.8, 4) is 0 Å². The lowest BCUT2D eigenvalue weighted by Gasteiger charge is -2.40. The zero-order valence-corrected chi connectivity index (χ0v) is 41.6. The van der Waals surface area contributed by atoms with Crippen LogP contribution in [0.1, 0.15) is 168 Å². The summed E-state index contributed by atoms with van der Waals surface area (Å²) in [7, 11) is 0. The zero-order valence-electron chi connectivity index (χ0n) is 41.6. The van der Waals surface area contributed by atoms with Crippen molar-refractivity contribution in [2.75, 3.05) is 13.2 Å². The maximum Gasteiger partial charge on any atom is 0.220 e. The average molecular weight is 932 g/mol. The Morgan fingerprint density at radius 1 is 0.522 bits per heavy atom. The SMILES string of the molecule is CC/C=C\C/C=C\C/C=C\C/C=C\C/C=C\C/C=C\C/C=C\C/C=C\C/C=C\CCCC(=O)NC(COC1OC(CO)C(O)C(O)C1O)C(O)/C=C/CC/C=C/CCCCCCCCCCC. The maximum absolute atomic E-state index is 13.0. The molecule has 1 heterocycles. The summed E-state index contributed by atoms with van der Waals surface area (Å²) in [5.74, 6) is -0.251. The number of hydrogen-bond donors (Lipinski definition) is 6. The third kappa shape index (κ3) is 36.0. The molecule has 7 atom stereocenters. The molecule has 0 aromatic rings. The molecule has 9 heteroatoms. The molecule has 0 bridgehead atoms. The van der Waals surface area contributed by atoms with Crippen LogP contribution in [0.4, 0.5) is 0 Å². The monoisotopic (exact) mass is 932 g/mol. The van der Waals surface area contributed by atoms with Gasteiger partial charge in [0.25, 0.3) is 0 Å². The molecule has 0 radical (unpaired) electrons. The molecule has 1 rings (SSSR count). The average Bonchev–Trinajstić information content (AvgIpc) is 3.33. The van der Waals surface area contributed by atoms with Gasteiger partial charge < -0.3 is 40.3 Å². The Balaban J connectivity index is 2.36. The number of hydrogen-bond acceptors (Lipinski definition) is 8. The minimum Gasteiger partial charge on any atom is -0.394 e. The van der Waals surface area contributed by atoms with E-state index in [-0.39, 0.29) is 18.9 Å². The third-order valence-corrected chi connectivity index (χ3v) is 11.2. The summed E-state index contributed by atoms with van der Waals surface area (Å²) in [5.41, 5.74) is 0. The van der Waals surface area contributed by atoms with Gasteiger partial charge in [0.15, 0.2) is 6.29 Å². The van der Waals surface area contributed by atoms with Gasteiger partial charge in [-0.3, -0.25) is 4.79 Å². The molecule has 0 aromatic carbocycles. The highest BCUT2D eigenvalue weighted by atomic mass is 16.7. The Kier molecular flexibility index (Phi) is 42.2. The molecule has 7 unspecified atom stereocenters. The van der Waals surface area contributed by atoms with Crippen LogP contribution in [0.5, 0.6) is 0 Å². The quantitative estimate of drug-likeness (QED) is 0.0262. The van der Waals surface area contributed by atoms with Crippen molar-refractivity contribution in [3.05, 3.63) is 134 Å². The first kappa shape index (κ1) is 61.3. The fourth-order valence-electron chi connectivity index (χ4n) is 7.11. The summed E-state index contributed by atoms with van der Waals surface area (Å²) < 4.78 is 11.2. The Morgan fingerprint density at radius 2 is 0.940 bits per heavy atom.